The van der Waals surface area contributed by atoms with Gasteiger partial charge in [0.05, 0.1) is 11.6 Å². The lowest BCUT2D eigenvalue weighted by Gasteiger charge is -2.24. The van der Waals surface area contributed by atoms with E-state index in [1.54, 1.807) is 6.20 Å². The molecule has 0 aliphatic carbocycles. The van der Waals surface area contributed by atoms with Gasteiger partial charge in [0.15, 0.2) is 0 Å². The molecule has 1 aromatic heterocycles. The van der Waals surface area contributed by atoms with E-state index in [1.165, 1.54) is 54.6 Å². The van der Waals surface area contributed by atoms with Gasteiger partial charge in [-0.25, -0.2) is 4.98 Å². The summed E-state index contributed by atoms with van der Waals surface area (Å²) in [5, 5.41) is 16.8. The van der Waals surface area contributed by atoms with Gasteiger partial charge < -0.3 is 0 Å². The molecule has 0 spiro atoms. The summed E-state index contributed by atoms with van der Waals surface area (Å²) in [7, 11) is 0. The van der Waals surface area contributed by atoms with E-state index in [2.05, 4.69) is 168 Å². The van der Waals surface area contributed by atoms with Crippen LogP contribution in [-0.2, 0) is 0 Å². The second kappa shape index (κ2) is 13.8. The molecule has 3 heteroatoms. The van der Waals surface area contributed by atoms with Crippen LogP contribution < -0.4 is 4.90 Å². The van der Waals surface area contributed by atoms with Crippen LogP contribution in [-0.4, -0.2) is 4.98 Å². The van der Waals surface area contributed by atoms with E-state index in [1.807, 2.05) is 42.5 Å². The molecule has 0 radical (unpaired) electrons. The van der Waals surface area contributed by atoms with Gasteiger partial charge >= 0.3 is 0 Å². The number of fused-ring (bicyclic) bond motifs is 3. The molecule has 0 saturated heterocycles. The van der Waals surface area contributed by atoms with Crippen molar-refractivity contribution in [3.8, 4) is 28.3 Å². The van der Waals surface area contributed by atoms with E-state index in [0.29, 0.717) is 5.56 Å². The Labute approximate surface area is 309 Å². The van der Waals surface area contributed by atoms with Crippen LogP contribution >= 0.6 is 0 Å². The molecule has 8 aromatic carbocycles. The maximum atomic E-state index is 9.30. The first-order valence-corrected chi connectivity index (χ1v) is 17.8. The fraction of sp³-hybridized carbons (Fsp3) is 0. The predicted molar refractivity (Wildman–Crippen MR) is 222 cm³/mol. The Morgan fingerprint density at radius 3 is 1.55 bits per heavy atom. The largest absolute Gasteiger partial charge is 0.295 e. The summed E-state index contributed by atoms with van der Waals surface area (Å²) in [6.45, 7) is 0. The van der Waals surface area contributed by atoms with Crippen molar-refractivity contribution in [2.45, 2.75) is 0 Å². The van der Waals surface area contributed by atoms with Crippen LogP contribution in [0.1, 0.15) is 16.7 Å². The number of hydrogen-bond donors (Lipinski definition) is 0. The number of nitrogens with zero attached hydrogens (tertiary/aromatic N) is 3. The molecule has 3 nitrogen and oxygen atoms in total. The van der Waals surface area contributed by atoms with Gasteiger partial charge in [0.1, 0.15) is 5.82 Å². The Hall–Kier alpha value is -7.28. The predicted octanol–water partition coefficient (Wildman–Crippen LogP) is 13.4. The molecule has 0 aliphatic rings. The normalized spacial score (nSPS) is 11.3. The van der Waals surface area contributed by atoms with Gasteiger partial charge in [-0.15, -0.1) is 0 Å². The first-order chi connectivity index (χ1) is 26.2. The molecule has 0 atom stereocenters. The zero-order valence-electron chi connectivity index (χ0n) is 28.9. The van der Waals surface area contributed by atoms with E-state index >= 15 is 0 Å². The molecule has 9 rings (SSSR count). The van der Waals surface area contributed by atoms with Crippen molar-refractivity contribution >= 4 is 61.7 Å². The van der Waals surface area contributed by atoms with Crippen molar-refractivity contribution in [1.29, 1.82) is 5.26 Å². The third-order valence-electron chi connectivity index (χ3n) is 9.94. The third kappa shape index (κ3) is 5.99. The molecule has 0 unspecified atom stereocenters. The number of benzene rings is 8. The van der Waals surface area contributed by atoms with Gasteiger partial charge in [-0.3, -0.25) is 4.90 Å². The minimum atomic E-state index is 0.625. The van der Waals surface area contributed by atoms with E-state index < -0.39 is 0 Å². The van der Waals surface area contributed by atoms with Crippen LogP contribution in [0.25, 0.3) is 66.7 Å². The third-order valence-corrected chi connectivity index (χ3v) is 9.94. The second-order valence-electron chi connectivity index (χ2n) is 13.1. The van der Waals surface area contributed by atoms with Crippen molar-refractivity contribution in [2.75, 3.05) is 4.90 Å². The summed E-state index contributed by atoms with van der Waals surface area (Å²) in [4.78, 5) is 6.70. The Balaban J connectivity index is 1.05. The van der Waals surface area contributed by atoms with Crippen LogP contribution in [0.2, 0.25) is 0 Å². The molecule has 0 saturated carbocycles. The molecule has 1 heterocycles. The maximum absolute atomic E-state index is 9.30. The average Bonchev–Trinajstić information content (AvgIpc) is 3.23. The summed E-state index contributed by atoms with van der Waals surface area (Å²) in [6.07, 6.45) is 6.10. The molecular formula is C50H33N3. The number of aromatic nitrogens is 1. The molecule has 0 N–H and O–H groups in total. The van der Waals surface area contributed by atoms with E-state index in [-0.39, 0.29) is 0 Å². The average molecular weight is 676 g/mol. The number of rotatable bonds is 7. The summed E-state index contributed by atoms with van der Waals surface area (Å²) in [6, 6.07) is 66.0. The van der Waals surface area contributed by atoms with Crippen molar-refractivity contribution in [2.24, 2.45) is 0 Å². The first kappa shape index (κ1) is 31.7. The first-order valence-electron chi connectivity index (χ1n) is 17.8. The summed E-state index contributed by atoms with van der Waals surface area (Å²) >= 11 is 0. The minimum Gasteiger partial charge on any atom is -0.295 e. The molecule has 53 heavy (non-hydrogen) atoms. The fourth-order valence-corrected chi connectivity index (χ4v) is 7.45. The van der Waals surface area contributed by atoms with Crippen LogP contribution in [0.4, 0.5) is 17.2 Å². The number of anilines is 3. The SMILES string of the molecule is N#Cc1ccc(N(c2ccc(C=Cc3ccc(-c4c5ccccc5c(-c5cccc6ccccc56)c5ccccc45)cc3)cc2)c2ccccn2)cc1. The minimum absolute atomic E-state index is 0.625. The fourth-order valence-electron chi connectivity index (χ4n) is 7.45. The van der Waals surface area contributed by atoms with E-state index in [0.717, 1.165) is 28.3 Å². The Morgan fingerprint density at radius 1 is 0.453 bits per heavy atom. The van der Waals surface area contributed by atoms with Crippen LogP contribution in [0.3, 0.4) is 0 Å². The van der Waals surface area contributed by atoms with Crippen LogP contribution in [0.5, 0.6) is 0 Å². The zero-order valence-corrected chi connectivity index (χ0v) is 28.9. The zero-order chi connectivity index (χ0) is 35.6. The van der Waals surface area contributed by atoms with Crippen LogP contribution in [0, 0.1) is 11.3 Å². The van der Waals surface area contributed by atoms with Gasteiger partial charge in [0.2, 0.25) is 0 Å². The number of pyridine rings is 1. The lowest BCUT2D eigenvalue weighted by atomic mass is 9.84. The topological polar surface area (TPSA) is 39.9 Å². The molecule has 0 fully saturated rings. The molecule has 0 aliphatic heterocycles. The van der Waals surface area contributed by atoms with Crippen molar-refractivity contribution in [3.63, 3.8) is 0 Å². The van der Waals surface area contributed by atoms with Crippen LogP contribution in [0.15, 0.2) is 188 Å². The molecule has 248 valence electrons. The van der Waals surface area contributed by atoms with E-state index in [4.69, 9.17) is 0 Å². The summed E-state index contributed by atoms with van der Waals surface area (Å²) in [5.74, 6) is 0.810. The molecule has 9 aromatic rings. The van der Waals surface area contributed by atoms with Gasteiger partial charge in [0, 0.05) is 17.6 Å². The van der Waals surface area contributed by atoms with Crippen molar-refractivity contribution in [3.05, 3.63) is 205 Å². The molecule has 0 amide bonds. The highest BCUT2D eigenvalue weighted by Gasteiger charge is 2.18. The molecular weight excluding hydrogens is 643 g/mol. The summed E-state index contributed by atoms with van der Waals surface area (Å²) < 4.78 is 0. The summed E-state index contributed by atoms with van der Waals surface area (Å²) in [5.41, 5.74) is 9.77. The molecule has 0 bridgehead atoms. The highest BCUT2D eigenvalue weighted by atomic mass is 15.2. The second-order valence-corrected chi connectivity index (χ2v) is 13.1. The van der Waals surface area contributed by atoms with Gasteiger partial charge in [-0.05, 0) is 114 Å². The monoisotopic (exact) mass is 675 g/mol. The number of nitriles is 1. The highest BCUT2D eigenvalue weighted by Crippen LogP contribution is 2.45. The standard InChI is InChI=1S/C50H33N3/c51-34-37-25-31-41(32-26-37)53(48-18-7-8-33-52-48)40-29-23-36(24-30-40)20-19-35-21-27-39(28-22-35)49-44-13-3-5-15-46(44)50(47-16-6-4-14-45(47)49)43-17-9-11-38-10-1-2-12-42(38)43/h1-33H. The maximum Gasteiger partial charge on any atom is 0.137 e. The quantitative estimate of drug-likeness (QED) is 0.125. The van der Waals surface area contributed by atoms with Crippen molar-refractivity contribution < 1.29 is 0 Å². The smallest absolute Gasteiger partial charge is 0.137 e. The Morgan fingerprint density at radius 2 is 0.962 bits per heavy atom. The van der Waals surface area contributed by atoms with Gasteiger partial charge in [-0.1, -0.05) is 146 Å². The van der Waals surface area contributed by atoms with Crippen molar-refractivity contribution in [1.82, 2.24) is 4.98 Å². The lowest BCUT2D eigenvalue weighted by molar-refractivity contribution is 1.18. The van der Waals surface area contributed by atoms with E-state index in [9.17, 15) is 5.26 Å². The van der Waals surface area contributed by atoms with Gasteiger partial charge in [-0.2, -0.15) is 5.26 Å². The number of hydrogen-bond acceptors (Lipinski definition) is 3. The Bertz CT molecular complexity index is 2750. The highest BCUT2D eigenvalue weighted by molar-refractivity contribution is 6.23. The lowest BCUT2D eigenvalue weighted by Crippen LogP contribution is -2.11. The van der Waals surface area contributed by atoms with Gasteiger partial charge in [0.25, 0.3) is 0 Å². The Kier molecular flexibility index (Phi) is 8.25.